The summed E-state index contributed by atoms with van der Waals surface area (Å²) in [5.41, 5.74) is 3.79. The molecule has 0 bridgehead atoms. The lowest BCUT2D eigenvalue weighted by Gasteiger charge is -2.25. The first-order valence-electron chi connectivity index (χ1n) is 10.6. The molecule has 1 aliphatic carbocycles. The number of furan rings is 1. The molecule has 0 spiro atoms. The number of aryl methyl sites for hydroxylation is 2. The Morgan fingerprint density at radius 2 is 2.03 bits per heavy atom. The number of benzene rings is 1. The van der Waals surface area contributed by atoms with E-state index in [1.165, 1.54) is 34.4 Å². The molecule has 3 heterocycles. The summed E-state index contributed by atoms with van der Waals surface area (Å²) in [6.07, 6.45) is 6.05. The van der Waals surface area contributed by atoms with E-state index in [1.54, 1.807) is 24.7 Å². The number of rotatable bonds is 6. The first-order chi connectivity index (χ1) is 14.7. The molecule has 2 aliphatic rings. The van der Waals surface area contributed by atoms with E-state index in [-0.39, 0.29) is 11.9 Å². The van der Waals surface area contributed by atoms with Crippen LogP contribution in [0.2, 0.25) is 0 Å². The van der Waals surface area contributed by atoms with Crippen molar-refractivity contribution < 1.29 is 13.9 Å². The molecule has 5 nitrogen and oxygen atoms in total. The Hall–Kier alpha value is -2.57. The molecule has 1 aliphatic heterocycles. The summed E-state index contributed by atoms with van der Waals surface area (Å²) in [7, 11) is 1.70. The van der Waals surface area contributed by atoms with Crippen molar-refractivity contribution in [2.75, 3.05) is 26.7 Å². The molecule has 1 atom stereocenters. The normalized spacial score (nSPS) is 16.7. The van der Waals surface area contributed by atoms with Crippen molar-refractivity contribution in [1.29, 1.82) is 0 Å². The maximum atomic E-state index is 13.0. The molecule has 6 heteroatoms. The Balaban J connectivity index is 1.33. The van der Waals surface area contributed by atoms with Crippen LogP contribution in [0.15, 0.2) is 47.1 Å². The second kappa shape index (κ2) is 8.28. The third kappa shape index (κ3) is 3.66. The van der Waals surface area contributed by atoms with E-state index in [4.69, 9.17) is 9.15 Å². The standard InChI is InChI=1S/C24H26N2O3S/c1-28-18-8-9-19-16(13-18)6-7-17-14-22(30-23(17)19)24(27)25-15-20(21-5-4-12-29-21)26-10-2-3-11-26/h4-5,8-9,12-14,20H,2-3,6-7,10-11,15H2,1H3,(H,25,27). The number of nitrogens with one attached hydrogen (secondary N) is 1. The predicted octanol–water partition coefficient (Wildman–Crippen LogP) is 4.68. The van der Waals surface area contributed by atoms with Crippen LogP contribution < -0.4 is 10.1 Å². The molecule has 2 aromatic heterocycles. The summed E-state index contributed by atoms with van der Waals surface area (Å²) in [6, 6.07) is 12.3. The van der Waals surface area contributed by atoms with E-state index >= 15 is 0 Å². The van der Waals surface area contributed by atoms with Gasteiger partial charge in [0.1, 0.15) is 11.5 Å². The number of thiophene rings is 1. The van der Waals surface area contributed by atoms with Crippen molar-refractivity contribution in [1.82, 2.24) is 10.2 Å². The van der Waals surface area contributed by atoms with Gasteiger partial charge in [-0.15, -0.1) is 11.3 Å². The molecule has 1 unspecified atom stereocenters. The molecule has 0 radical (unpaired) electrons. The minimum absolute atomic E-state index is 0.000199. The third-order valence-corrected chi connectivity index (χ3v) is 7.37. The van der Waals surface area contributed by atoms with Crippen molar-refractivity contribution in [3.05, 3.63) is 64.4 Å². The smallest absolute Gasteiger partial charge is 0.261 e. The molecule has 156 valence electrons. The minimum Gasteiger partial charge on any atom is -0.497 e. The molecule has 1 aromatic carbocycles. The van der Waals surface area contributed by atoms with Gasteiger partial charge < -0.3 is 14.5 Å². The largest absolute Gasteiger partial charge is 0.497 e. The Morgan fingerprint density at radius 1 is 1.20 bits per heavy atom. The molecular weight excluding hydrogens is 396 g/mol. The van der Waals surface area contributed by atoms with E-state index in [0.29, 0.717) is 6.54 Å². The number of methoxy groups -OCH3 is 1. The fraction of sp³-hybridized carbons (Fsp3) is 0.375. The van der Waals surface area contributed by atoms with Crippen molar-refractivity contribution in [2.24, 2.45) is 0 Å². The zero-order valence-corrected chi connectivity index (χ0v) is 18.0. The fourth-order valence-corrected chi connectivity index (χ4v) is 5.76. The van der Waals surface area contributed by atoms with Crippen LogP contribution in [-0.4, -0.2) is 37.6 Å². The van der Waals surface area contributed by atoms with Crippen LogP contribution in [0, 0.1) is 0 Å². The van der Waals surface area contributed by atoms with E-state index < -0.39 is 0 Å². The number of hydrogen-bond acceptors (Lipinski definition) is 5. The first kappa shape index (κ1) is 19.4. The van der Waals surface area contributed by atoms with Crippen LogP contribution in [0.25, 0.3) is 10.4 Å². The van der Waals surface area contributed by atoms with Gasteiger partial charge in [-0.05, 0) is 91.9 Å². The van der Waals surface area contributed by atoms with Gasteiger partial charge in [0.05, 0.1) is 24.3 Å². The fourth-order valence-electron chi connectivity index (χ4n) is 4.57. The van der Waals surface area contributed by atoms with Crippen molar-refractivity contribution in [3.63, 3.8) is 0 Å². The Kier molecular flexibility index (Phi) is 5.35. The summed E-state index contributed by atoms with van der Waals surface area (Å²) >= 11 is 1.59. The monoisotopic (exact) mass is 422 g/mol. The summed E-state index contributed by atoms with van der Waals surface area (Å²) in [5, 5.41) is 3.17. The average molecular weight is 423 g/mol. The summed E-state index contributed by atoms with van der Waals surface area (Å²) in [5.74, 6) is 1.81. The van der Waals surface area contributed by atoms with Gasteiger partial charge in [-0.25, -0.2) is 0 Å². The molecule has 30 heavy (non-hydrogen) atoms. The lowest BCUT2D eigenvalue weighted by atomic mass is 9.91. The molecule has 1 saturated heterocycles. The lowest BCUT2D eigenvalue weighted by molar-refractivity contribution is 0.0938. The lowest BCUT2D eigenvalue weighted by Crippen LogP contribution is -2.36. The van der Waals surface area contributed by atoms with E-state index in [1.807, 2.05) is 18.2 Å². The Labute approximate surface area is 180 Å². The number of amides is 1. The van der Waals surface area contributed by atoms with Crippen LogP contribution >= 0.6 is 11.3 Å². The maximum absolute atomic E-state index is 13.0. The van der Waals surface area contributed by atoms with Crippen LogP contribution in [0.1, 0.15) is 45.4 Å². The molecular formula is C24H26N2O3S. The topological polar surface area (TPSA) is 54.7 Å². The summed E-state index contributed by atoms with van der Waals surface area (Å²) in [4.78, 5) is 17.4. The highest BCUT2D eigenvalue weighted by molar-refractivity contribution is 7.17. The summed E-state index contributed by atoms with van der Waals surface area (Å²) < 4.78 is 11.0. The van der Waals surface area contributed by atoms with Gasteiger partial charge in [-0.2, -0.15) is 0 Å². The van der Waals surface area contributed by atoms with Gasteiger partial charge in [0.2, 0.25) is 0 Å². The van der Waals surface area contributed by atoms with E-state index in [9.17, 15) is 4.79 Å². The number of ether oxygens (including phenoxy) is 1. The van der Waals surface area contributed by atoms with Crippen LogP contribution in [0.3, 0.4) is 0 Å². The second-order valence-electron chi connectivity index (χ2n) is 7.97. The quantitative estimate of drug-likeness (QED) is 0.627. The maximum Gasteiger partial charge on any atom is 0.261 e. The van der Waals surface area contributed by atoms with Gasteiger partial charge >= 0.3 is 0 Å². The zero-order valence-electron chi connectivity index (χ0n) is 17.1. The van der Waals surface area contributed by atoms with Crippen LogP contribution in [0.4, 0.5) is 0 Å². The van der Waals surface area contributed by atoms with Crippen LogP contribution in [0.5, 0.6) is 5.75 Å². The van der Waals surface area contributed by atoms with Crippen molar-refractivity contribution in [3.8, 4) is 16.2 Å². The van der Waals surface area contributed by atoms with Crippen molar-refractivity contribution >= 4 is 17.2 Å². The van der Waals surface area contributed by atoms with Gasteiger partial charge in [-0.3, -0.25) is 9.69 Å². The number of fused-ring (bicyclic) bond motifs is 3. The van der Waals surface area contributed by atoms with Gasteiger partial charge in [0, 0.05) is 11.4 Å². The minimum atomic E-state index is 0.000199. The SMILES string of the molecule is COc1ccc2c(c1)CCc1cc(C(=O)NCC(c3ccco3)N3CCCC3)sc1-2. The predicted molar refractivity (Wildman–Crippen MR) is 118 cm³/mol. The number of carbonyl (C=O) groups is 1. The number of likely N-dealkylation sites (tertiary alicyclic amines) is 1. The molecule has 3 aromatic rings. The molecule has 1 amide bonds. The Bertz CT molecular complexity index is 1030. The molecule has 0 saturated carbocycles. The highest BCUT2D eigenvalue weighted by Crippen LogP contribution is 2.40. The molecule has 1 N–H and O–H groups in total. The molecule has 1 fully saturated rings. The summed E-state index contributed by atoms with van der Waals surface area (Å²) in [6.45, 7) is 2.66. The number of hydrogen-bond donors (Lipinski definition) is 1. The average Bonchev–Trinajstić information content (AvgIpc) is 3.55. The highest BCUT2D eigenvalue weighted by Gasteiger charge is 2.27. The third-order valence-electron chi connectivity index (χ3n) is 6.16. The van der Waals surface area contributed by atoms with Crippen LogP contribution in [-0.2, 0) is 12.8 Å². The highest BCUT2D eigenvalue weighted by atomic mass is 32.1. The van der Waals surface area contributed by atoms with Gasteiger partial charge in [-0.1, -0.05) is 0 Å². The van der Waals surface area contributed by atoms with Crippen molar-refractivity contribution in [2.45, 2.75) is 31.7 Å². The van der Waals surface area contributed by atoms with Gasteiger partial charge in [0.15, 0.2) is 0 Å². The zero-order chi connectivity index (χ0) is 20.5. The van der Waals surface area contributed by atoms with Gasteiger partial charge in [0.25, 0.3) is 5.91 Å². The first-order valence-corrected chi connectivity index (χ1v) is 11.4. The molecule has 5 rings (SSSR count). The number of nitrogens with zero attached hydrogens (tertiary/aromatic N) is 1. The number of carbonyl (C=O) groups excluding carboxylic acids is 1. The second-order valence-corrected chi connectivity index (χ2v) is 9.02. The Morgan fingerprint density at radius 3 is 2.80 bits per heavy atom. The van der Waals surface area contributed by atoms with E-state index in [0.717, 1.165) is 42.3 Å². The van der Waals surface area contributed by atoms with E-state index in [2.05, 4.69) is 28.4 Å².